The zero-order chi connectivity index (χ0) is 13.4. The van der Waals surface area contributed by atoms with E-state index in [9.17, 15) is 4.79 Å². The van der Waals surface area contributed by atoms with E-state index >= 15 is 0 Å². The fourth-order valence-corrected chi connectivity index (χ4v) is 1.57. The molecule has 0 fully saturated rings. The SMILES string of the molecule is CC(C)NC(=O)CCOc1ccc(CCN)cc1. The molecule has 3 N–H and O–H groups in total. The first kappa shape index (κ1) is 14.5. The molecule has 0 saturated heterocycles. The van der Waals surface area contributed by atoms with Crippen LogP contribution in [0.3, 0.4) is 0 Å². The van der Waals surface area contributed by atoms with E-state index in [4.69, 9.17) is 10.5 Å². The number of benzene rings is 1. The number of hydrogen-bond donors (Lipinski definition) is 2. The predicted octanol–water partition coefficient (Wildman–Crippen LogP) is 1.48. The van der Waals surface area contributed by atoms with Gasteiger partial charge in [-0.2, -0.15) is 0 Å². The fourth-order valence-electron chi connectivity index (χ4n) is 1.57. The highest BCUT2D eigenvalue weighted by Crippen LogP contribution is 2.12. The van der Waals surface area contributed by atoms with Crippen molar-refractivity contribution in [1.29, 1.82) is 0 Å². The van der Waals surface area contributed by atoms with Crippen LogP contribution in [0.25, 0.3) is 0 Å². The average molecular weight is 250 g/mol. The lowest BCUT2D eigenvalue weighted by Crippen LogP contribution is -2.31. The van der Waals surface area contributed by atoms with Crippen LogP contribution in [0, 0.1) is 0 Å². The van der Waals surface area contributed by atoms with Gasteiger partial charge in [-0.25, -0.2) is 0 Å². The van der Waals surface area contributed by atoms with Gasteiger partial charge < -0.3 is 15.8 Å². The Kier molecular flexibility index (Phi) is 6.22. The monoisotopic (exact) mass is 250 g/mol. The number of amides is 1. The molecule has 1 amide bonds. The molecule has 1 rings (SSSR count). The van der Waals surface area contributed by atoms with Crippen LogP contribution >= 0.6 is 0 Å². The van der Waals surface area contributed by atoms with Gasteiger partial charge in [0.2, 0.25) is 5.91 Å². The van der Waals surface area contributed by atoms with E-state index in [1.807, 2.05) is 38.1 Å². The third-order valence-electron chi connectivity index (χ3n) is 2.40. The van der Waals surface area contributed by atoms with Crippen molar-refractivity contribution < 1.29 is 9.53 Å². The van der Waals surface area contributed by atoms with Crippen LogP contribution in [0.1, 0.15) is 25.8 Å². The minimum absolute atomic E-state index is 0.0183. The fraction of sp³-hybridized carbons (Fsp3) is 0.500. The van der Waals surface area contributed by atoms with Crippen molar-refractivity contribution in [2.75, 3.05) is 13.2 Å². The Labute approximate surface area is 109 Å². The Morgan fingerprint density at radius 3 is 2.56 bits per heavy atom. The van der Waals surface area contributed by atoms with E-state index in [0.717, 1.165) is 12.2 Å². The molecule has 0 saturated carbocycles. The highest BCUT2D eigenvalue weighted by Gasteiger charge is 2.03. The first-order valence-electron chi connectivity index (χ1n) is 6.33. The Morgan fingerprint density at radius 2 is 2.00 bits per heavy atom. The van der Waals surface area contributed by atoms with Crippen LogP contribution in [0.4, 0.5) is 0 Å². The first-order valence-corrected chi connectivity index (χ1v) is 6.33. The van der Waals surface area contributed by atoms with Crippen LogP contribution in [0.5, 0.6) is 5.75 Å². The molecule has 4 nitrogen and oxygen atoms in total. The zero-order valence-corrected chi connectivity index (χ0v) is 11.1. The molecule has 1 aromatic rings. The van der Waals surface area contributed by atoms with Gasteiger partial charge >= 0.3 is 0 Å². The van der Waals surface area contributed by atoms with E-state index < -0.39 is 0 Å². The second-order valence-corrected chi connectivity index (χ2v) is 4.50. The lowest BCUT2D eigenvalue weighted by Gasteiger charge is -2.09. The lowest BCUT2D eigenvalue weighted by atomic mass is 10.1. The molecule has 0 aliphatic rings. The van der Waals surface area contributed by atoms with Crippen molar-refractivity contribution >= 4 is 5.91 Å². The molecule has 0 spiro atoms. The molecule has 0 heterocycles. The Morgan fingerprint density at radius 1 is 1.33 bits per heavy atom. The first-order chi connectivity index (χ1) is 8.61. The third kappa shape index (κ3) is 5.68. The normalized spacial score (nSPS) is 10.4. The molecule has 4 heteroatoms. The lowest BCUT2D eigenvalue weighted by molar-refractivity contribution is -0.122. The summed E-state index contributed by atoms with van der Waals surface area (Å²) in [6, 6.07) is 7.98. The van der Waals surface area contributed by atoms with Crippen molar-refractivity contribution in [2.45, 2.75) is 32.7 Å². The molecule has 100 valence electrons. The minimum atomic E-state index is 0.0183. The summed E-state index contributed by atoms with van der Waals surface area (Å²) < 4.78 is 5.50. The quantitative estimate of drug-likeness (QED) is 0.770. The molecule has 0 aliphatic carbocycles. The topological polar surface area (TPSA) is 64.3 Å². The van der Waals surface area contributed by atoms with Gasteiger partial charge in [-0.1, -0.05) is 12.1 Å². The number of rotatable bonds is 7. The second kappa shape index (κ2) is 7.71. The molecule has 0 aromatic heterocycles. The summed E-state index contributed by atoms with van der Waals surface area (Å²) in [5.74, 6) is 0.804. The van der Waals surface area contributed by atoms with Gasteiger partial charge in [-0.3, -0.25) is 4.79 Å². The van der Waals surface area contributed by atoms with Gasteiger partial charge in [-0.15, -0.1) is 0 Å². The number of carbonyl (C=O) groups is 1. The molecule has 18 heavy (non-hydrogen) atoms. The summed E-state index contributed by atoms with van der Waals surface area (Å²) >= 11 is 0. The van der Waals surface area contributed by atoms with Crippen LogP contribution in [-0.2, 0) is 11.2 Å². The number of hydrogen-bond acceptors (Lipinski definition) is 3. The van der Waals surface area contributed by atoms with Crippen molar-refractivity contribution in [3.63, 3.8) is 0 Å². The highest BCUT2D eigenvalue weighted by molar-refractivity contribution is 5.76. The molecular weight excluding hydrogens is 228 g/mol. The second-order valence-electron chi connectivity index (χ2n) is 4.50. The predicted molar refractivity (Wildman–Crippen MR) is 72.6 cm³/mol. The number of carbonyl (C=O) groups excluding carboxylic acids is 1. The zero-order valence-electron chi connectivity index (χ0n) is 11.1. The largest absolute Gasteiger partial charge is 0.493 e. The van der Waals surface area contributed by atoms with Gasteiger partial charge in [-0.05, 0) is 44.5 Å². The maximum absolute atomic E-state index is 11.4. The minimum Gasteiger partial charge on any atom is -0.493 e. The van der Waals surface area contributed by atoms with Gasteiger partial charge in [0.25, 0.3) is 0 Å². The van der Waals surface area contributed by atoms with Crippen LogP contribution < -0.4 is 15.8 Å². The maximum Gasteiger partial charge on any atom is 0.223 e. The summed E-state index contributed by atoms with van der Waals surface area (Å²) in [5.41, 5.74) is 6.67. The van der Waals surface area contributed by atoms with Crippen LogP contribution in [0.15, 0.2) is 24.3 Å². The van der Waals surface area contributed by atoms with Crippen LogP contribution in [-0.4, -0.2) is 25.1 Å². The summed E-state index contributed by atoms with van der Waals surface area (Å²) in [6.45, 7) is 4.92. The maximum atomic E-state index is 11.4. The highest BCUT2D eigenvalue weighted by atomic mass is 16.5. The Balaban J connectivity index is 2.28. The molecule has 0 atom stereocenters. The van der Waals surface area contributed by atoms with E-state index in [2.05, 4.69) is 5.32 Å². The van der Waals surface area contributed by atoms with Crippen LogP contribution in [0.2, 0.25) is 0 Å². The third-order valence-corrected chi connectivity index (χ3v) is 2.40. The Bertz CT molecular complexity index is 361. The van der Waals surface area contributed by atoms with Crippen molar-refractivity contribution in [3.8, 4) is 5.75 Å². The summed E-state index contributed by atoms with van der Waals surface area (Å²) in [7, 11) is 0. The van der Waals surface area contributed by atoms with E-state index in [1.165, 1.54) is 5.56 Å². The van der Waals surface area contributed by atoms with E-state index in [0.29, 0.717) is 19.6 Å². The van der Waals surface area contributed by atoms with Crippen molar-refractivity contribution in [2.24, 2.45) is 5.73 Å². The van der Waals surface area contributed by atoms with Gasteiger partial charge in [0, 0.05) is 6.04 Å². The molecule has 0 unspecified atom stereocenters. The summed E-state index contributed by atoms with van der Waals surface area (Å²) in [6.07, 6.45) is 1.25. The number of ether oxygens (including phenoxy) is 1. The standard InChI is InChI=1S/C14H22N2O2/c1-11(2)16-14(17)8-10-18-13-5-3-12(4-6-13)7-9-15/h3-6,11H,7-10,15H2,1-2H3,(H,16,17). The summed E-state index contributed by atoms with van der Waals surface area (Å²) in [5, 5.41) is 2.82. The molecular formula is C14H22N2O2. The number of nitrogens with two attached hydrogens (primary N) is 1. The van der Waals surface area contributed by atoms with E-state index in [1.54, 1.807) is 0 Å². The van der Waals surface area contributed by atoms with E-state index in [-0.39, 0.29) is 11.9 Å². The van der Waals surface area contributed by atoms with Gasteiger partial charge in [0.15, 0.2) is 0 Å². The Hall–Kier alpha value is -1.55. The molecule has 0 bridgehead atoms. The molecule has 0 aliphatic heterocycles. The molecule has 1 aromatic carbocycles. The summed E-state index contributed by atoms with van der Waals surface area (Å²) in [4.78, 5) is 11.4. The average Bonchev–Trinajstić information content (AvgIpc) is 2.31. The van der Waals surface area contributed by atoms with Crippen molar-refractivity contribution in [3.05, 3.63) is 29.8 Å². The van der Waals surface area contributed by atoms with Gasteiger partial charge in [0.1, 0.15) is 5.75 Å². The van der Waals surface area contributed by atoms with Crippen molar-refractivity contribution in [1.82, 2.24) is 5.32 Å². The smallest absolute Gasteiger partial charge is 0.223 e. The van der Waals surface area contributed by atoms with Gasteiger partial charge in [0.05, 0.1) is 13.0 Å². The molecule has 0 radical (unpaired) electrons. The number of nitrogens with one attached hydrogen (secondary N) is 1.